The Morgan fingerprint density at radius 3 is 2.38 bits per heavy atom. The van der Waals surface area contributed by atoms with Crippen LogP contribution in [0.15, 0.2) is 53.3 Å². The molecule has 1 aromatic heterocycles. The third kappa shape index (κ3) is 4.06. The normalized spacial score (nSPS) is 11.3. The van der Waals surface area contributed by atoms with Crippen molar-refractivity contribution in [2.75, 3.05) is 0 Å². The lowest BCUT2D eigenvalue weighted by molar-refractivity contribution is -0.137. The Morgan fingerprint density at radius 1 is 1.10 bits per heavy atom. The van der Waals surface area contributed by atoms with Gasteiger partial charge in [-0.05, 0) is 37.1 Å². The number of rotatable bonds is 3. The zero-order valence-electron chi connectivity index (χ0n) is 15.6. The van der Waals surface area contributed by atoms with Crippen molar-refractivity contribution in [3.8, 4) is 17.3 Å². The Labute approximate surface area is 170 Å². The molecule has 0 aliphatic rings. The van der Waals surface area contributed by atoms with Gasteiger partial charge in [-0.2, -0.15) is 18.4 Å². The molecule has 0 atom stereocenters. The van der Waals surface area contributed by atoms with Gasteiger partial charge in [0.05, 0.1) is 17.8 Å². The summed E-state index contributed by atoms with van der Waals surface area (Å²) >= 11 is 6.22. The van der Waals surface area contributed by atoms with E-state index in [4.69, 9.17) is 11.6 Å². The summed E-state index contributed by atoms with van der Waals surface area (Å²) < 4.78 is 41.8. The summed E-state index contributed by atoms with van der Waals surface area (Å²) in [6, 6.07) is 14.2. The molecule has 7 heteroatoms. The molecule has 0 bridgehead atoms. The van der Waals surface area contributed by atoms with E-state index in [2.05, 4.69) is 0 Å². The van der Waals surface area contributed by atoms with Crippen molar-refractivity contribution in [1.29, 1.82) is 5.26 Å². The van der Waals surface area contributed by atoms with Crippen LogP contribution in [-0.2, 0) is 12.7 Å². The standard InChI is InChI=1S/C22H16ClF3N2O/c1-13-7-8-15(14(2)9-13)12-28-20(16-5-3-4-6-19(16)23)10-18(22(24,25)26)17(11-27)21(28)29/h3-10H,12H2,1-2H3. The van der Waals surface area contributed by atoms with Gasteiger partial charge in [-0.15, -0.1) is 0 Å². The maximum atomic E-state index is 13.5. The summed E-state index contributed by atoms with van der Waals surface area (Å²) in [4.78, 5) is 13.0. The summed E-state index contributed by atoms with van der Waals surface area (Å²) in [6.45, 7) is 3.79. The summed E-state index contributed by atoms with van der Waals surface area (Å²) in [7, 11) is 0. The molecule has 0 aliphatic heterocycles. The van der Waals surface area contributed by atoms with E-state index in [-0.39, 0.29) is 22.8 Å². The first-order chi connectivity index (χ1) is 13.6. The molecular weight excluding hydrogens is 401 g/mol. The highest BCUT2D eigenvalue weighted by Crippen LogP contribution is 2.35. The van der Waals surface area contributed by atoms with Crippen molar-refractivity contribution in [2.24, 2.45) is 0 Å². The van der Waals surface area contributed by atoms with Gasteiger partial charge < -0.3 is 4.57 Å². The number of hydrogen-bond acceptors (Lipinski definition) is 2. The highest BCUT2D eigenvalue weighted by Gasteiger charge is 2.36. The molecule has 3 nitrogen and oxygen atoms in total. The van der Waals surface area contributed by atoms with Gasteiger partial charge in [0, 0.05) is 10.6 Å². The number of halogens is 4. The minimum Gasteiger partial charge on any atom is -0.303 e. The summed E-state index contributed by atoms with van der Waals surface area (Å²) in [5.41, 5.74) is -0.241. The van der Waals surface area contributed by atoms with Gasteiger partial charge in [0.15, 0.2) is 0 Å². The first-order valence-corrected chi connectivity index (χ1v) is 9.07. The molecule has 2 aromatic carbocycles. The van der Waals surface area contributed by atoms with Crippen LogP contribution in [0.2, 0.25) is 5.02 Å². The van der Waals surface area contributed by atoms with E-state index in [1.165, 1.54) is 16.7 Å². The monoisotopic (exact) mass is 416 g/mol. The number of nitriles is 1. The average Bonchev–Trinajstić information content (AvgIpc) is 2.64. The minimum atomic E-state index is -4.85. The van der Waals surface area contributed by atoms with Crippen molar-refractivity contribution in [3.63, 3.8) is 0 Å². The van der Waals surface area contributed by atoms with Crippen LogP contribution >= 0.6 is 11.6 Å². The van der Waals surface area contributed by atoms with E-state index >= 15 is 0 Å². The number of alkyl halides is 3. The highest BCUT2D eigenvalue weighted by molar-refractivity contribution is 6.33. The van der Waals surface area contributed by atoms with Crippen LogP contribution in [0.5, 0.6) is 0 Å². The van der Waals surface area contributed by atoms with E-state index < -0.39 is 22.9 Å². The second kappa shape index (κ2) is 7.76. The molecule has 148 valence electrons. The number of hydrogen-bond donors (Lipinski definition) is 0. The fourth-order valence-corrected chi connectivity index (χ4v) is 3.45. The zero-order valence-corrected chi connectivity index (χ0v) is 16.4. The number of aryl methyl sites for hydroxylation is 2. The molecule has 0 fully saturated rings. The maximum Gasteiger partial charge on any atom is 0.417 e. The molecule has 0 aliphatic carbocycles. The fourth-order valence-electron chi connectivity index (χ4n) is 3.22. The molecule has 0 amide bonds. The molecule has 0 unspecified atom stereocenters. The Balaban J connectivity index is 2.35. The van der Waals surface area contributed by atoms with Crippen molar-refractivity contribution < 1.29 is 13.2 Å². The predicted molar refractivity (Wildman–Crippen MR) is 106 cm³/mol. The molecule has 1 heterocycles. The molecule has 0 radical (unpaired) electrons. The molecule has 0 N–H and O–H groups in total. The number of benzene rings is 2. The van der Waals surface area contributed by atoms with Crippen LogP contribution in [0, 0.1) is 25.2 Å². The Hall–Kier alpha value is -3.04. The van der Waals surface area contributed by atoms with E-state index in [0.717, 1.165) is 22.8 Å². The second-order valence-electron chi connectivity index (χ2n) is 6.73. The summed E-state index contributed by atoms with van der Waals surface area (Å²) in [6.07, 6.45) is -4.85. The molecule has 0 saturated carbocycles. The SMILES string of the molecule is Cc1ccc(Cn2c(-c3ccccc3Cl)cc(C(F)(F)F)c(C#N)c2=O)c(C)c1. The number of pyridine rings is 1. The van der Waals surface area contributed by atoms with Crippen molar-refractivity contribution in [3.05, 3.63) is 91.7 Å². The van der Waals surface area contributed by atoms with Gasteiger partial charge >= 0.3 is 6.18 Å². The quantitative estimate of drug-likeness (QED) is 0.547. The summed E-state index contributed by atoms with van der Waals surface area (Å²) in [5.74, 6) is 0. The molecule has 3 aromatic rings. The van der Waals surface area contributed by atoms with E-state index in [1.54, 1.807) is 18.2 Å². The van der Waals surface area contributed by atoms with Gasteiger partial charge in [-0.3, -0.25) is 4.79 Å². The van der Waals surface area contributed by atoms with Crippen LogP contribution in [0.3, 0.4) is 0 Å². The molecule has 3 rings (SSSR count). The Morgan fingerprint density at radius 2 is 1.79 bits per heavy atom. The van der Waals surface area contributed by atoms with Crippen molar-refractivity contribution in [1.82, 2.24) is 4.57 Å². The Kier molecular flexibility index (Phi) is 5.54. The first-order valence-electron chi connectivity index (χ1n) is 8.69. The molecule has 0 spiro atoms. The largest absolute Gasteiger partial charge is 0.417 e. The molecule has 29 heavy (non-hydrogen) atoms. The zero-order chi connectivity index (χ0) is 21.3. The van der Waals surface area contributed by atoms with Gasteiger partial charge in [-0.1, -0.05) is 53.6 Å². The van der Waals surface area contributed by atoms with Crippen LogP contribution in [0.4, 0.5) is 13.2 Å². The van der Waals surface area contributed by atoms with Crippen LogP contribution in [0.1, 0.15) is 27.8 Å². The minimum absolute atomic E-state index is 0.00639. The van der Waals surface area contributed by atoms with E-state index in [9.17, 15) is 23.2 Å². The molecule has 0 saturated heterocycles. The van der Waals surface area contributed by atoms with Gasteiger partial charge in [-0.25, -0.2) is 0 Å². The third-order valence-electron chi connectivity index (χ3n) is 4.69. The topological polar surface area (TPSA) is 45.8 Å². The van der Waals surface area contributed by atoms with Crippen molar-refractivity contribution in [2.45, 2.75) is 26.6 Å². The van der Waals surface area contributed by atoms with Crippen LogP contribution in [-0.4, -0.2) is 4.57 Å². The van der Waals surface area contributed by atoms with Crippen molar-refractivity contribution >= 4 is 11.6 Å². The number of aromatic nitrogens is 1. The molecular formula is C22H16ClF3N2O. The Bertz CT molecular complexity index is 1190. The highest BCUT2D eigenvalue weighted by atomic mass is 35.5. The van der Waals surface area contributed by atoms with E-state index in [0.29, 0.717) is 0 Å². The van der Waals surface area contributed by atoms with Gasteiger partial charge in [0.25, 0.3) is 5.56 Å². The predicted octanol–water partition coefficient (Wildman–Crippen LogP) is 5.72. The lowest BCUT2D eigenvalue weighted by Gasteiger charge is -2.19. The smallest absolute Gasteiger partial charge is 0.303 e. The third-order valence-corrected chi connectivity index (χ3v) is 5.02. The maximum absolute atomic E-state index is 13.5. The van der Waals surface area contributed by atoms with Gasteiger partial charge in [0.2, 0.25) is 0 Å². The van der Waals surface area contributed by atoms with Gasteiger partial charge in [0.1, 0.15) is 11.6 Å². The first kappa shape index (κ1) is 20.7. The lowest BCUT2D eigenvalue weighted by Crippen LogP contribution is -2.29. The number of nitrogens with zero attached hydrogens (tertiary/aromatic N) is 2. The van der Waals surface area contributed by atoms with Crippen LogP contribution in [0.25, 0.3) is 11.3 Å². The fraction of sp³-hybridized carbons (Fsp3) is 0.182. The average molecular weight is 417 g/mol. The second-order valence-corrected chi connectivity index (χ2v) is 7.14. The lowest BCUT2D eigenvalue weighted by atomic mass is 10.0. The summed E-state index contributed by atoms with van der Waals surface area (Å²) in [5, 5.41) is 9.48. The van der Waals surface area contributed by atoms with Crippen LogP contribution < -0.4 is 5.56 Å². The van der Waals surface area contributed by atoms with E-state index in [1.807, 2.05) is 32.0 Å².